The minimum atomic E-state index is -0.486. The van der Waals surface area contributed by atoms with Crippen molar-refractivity contribution < 1.29 is 9.59 Å². The lowest BCUT2D eigenvalue weighted by Gasteiger charge is -2.22. The molecule has 14 heavy (non-hydrogen) atoms. The van der Waals surface area contributed by atoms with Crippen LogP contribution in [0.25, 0.3) is 0 Å². The van der Waals surface area contributed by atoms with Crippen molar-refractivity contribution in [2.75, 3.05) is 6.54 Å². The molecule has 2 rings (SSSR count). The Labute approximate surface area is 80.3 Å². The minimum absolute atomic E-state index is 0.154. The van der Waals surface area contributed by atoms with E-state index in [1.54, 1.807) is 24.1 Å². The molecule has 1 fully saturated rings. The Hall–Kier alpha value is -1.69. The Morgan fingerprint density at radius 2 is 2.36 bits per heavy atom. The van der Waals surface area contributed by atoms with E-state index in [4.69, 9.17) is 0 Å². The van der Waals surface area contributed by atoms with Crippen LogP contribution in [0.4, 0.5) is 0 Å². The van der Waals surface area contributed by atoms with Gasteiger partial charge in [-0.1, -0.05) is 0 Å². The number of hydrogen-bond donors (Lipinski definition) is 2. The number of nitrogens with one attached hydrogen (secondary N) is 2. The highest BCUT2D eigenvalue weighted by Crippen LogP contribution is 2.12. The van der Waals surface area contributed by atoms with Crippen LogP contribution in [0.5, 0.6) is 0 Å². The summed E-state index contributed by atoms with van der Waals surface area (Å²) in [5.41, 5.74) is 0.745. The van der Waals surface area contributed by atoms with Crippen LogP contribution in [-0.2, 0) is 16.6 Å². The van der Waals surface area contributed by atoms with Crippen molar-refractivity contribution in [1.82, 2.24) is 20.2 Å². The number of rotatable bonds is 1. The fourth-order valence-corrected chi connectivity index (χ4v) is 1.43. The highest BCUT2D eigenvalue weighted by molar-refractivity contribution is 6.01. The van der Waals surface area contributed by atoms with Crippen LogP contribution in [-0.4, -0.2) is 27.9 Å². The summed E-state index contributed by atoms with van der Waals surface area (Å²) < 4.78 is 1.74. The maximum atomic E-state index is 11.4. The SMILES string of the molecule is Cn1cncc1C1NCC(=O)NC1=O. The average molecular weight is 194 g/mol. The van der Waals surface area contributed by atoms with Gasteiger partial charge in [0, 0.05) is 7.05 Å². The molecular weight excluding hydrogens is 184 g/mol. The summed E-state index contributed by atoms with van der Waals surface area (Å²) in [4.78, 5) is 26.2. The molecular formula is C8H10N4O2. The Morgan fingerprint density at radius 3 is 2.93 bits per heavy atom. The predicted molar refractivity (Wildman–Crippen MR) is 47.1 cm³/mol. The summed E-state index contributed by atoms with van der Waals surface area (Å²) in [5, 5.41) is 5.10. The summed E-state index contributed by atoms with van der Waals surface area (Å²) in [5.74, 6) is -0.627. The molecule has 1 aliphatic rings. The average Bonchev–Trinajstić information content (AvgIpc) is 2.52. The van der Waals surface area contributed by atoms with Crippen LogP contribution in [0.15, 0.2) is 12.5 Å². The Bertz CT molecular complexity index is 384. The fourth-order valence-electron chi connectivity index (χ4n) is 1.43. The first-order chi connectivity index (χ1) is 6.68. The third-order valence-electron chi connectivity index (χ3n) is 2.14. The largest absolute Gasteiger partial charge is 0.336 e. The van der Waals surface area contributed by atoms with Crippen molar-refractivity contribution >= 4 is 11.8 Å². The van der Waals surface area contributed by atoms with Crippen molar-refractivity contribution in [3.63, 3.8) is 0 Å². The van der Waals surface area contributed by atoms with Gasteiger partial charge in [-0.3, -0.25) is 20.2 Å². The predicted octanol–water partition coefficient (Wildman–Crippen LogP) is -1.29. The molecule has 0 radical (unpaired) electrons. The van der Waals surface area contributed by atoms with Crippen LogP contribution >= 0.6 is 0 Å². The molecule has 1 atom stereocenters. The molecule has 1 aliphatic heterocycles. The smallest absolute Gasteiger partial charge is 0.249 e. The number of nitrogens with zero attached hydrogens (tertiary/aromatic N) is 2. The first-order valence-corrected chi connectivity index (χ1v) is 4.22. The van der Waals surface area contributed by atoms with Gasteiger partial charge in [0.05, 0.1) is 24.8 Å². The van der Waals surface area contributed by atoms with E-state index in [9.17, 15) is 9.59 Å². The number of imide groups is 1. The zero-order valence-corrected chi connectivity index (χ0v) is 7.65. The summed E-state index contributed by atoms with van der Waals surface area (Å²) in [6, 6.07) is -0.486. The second kappa shape index (κ2) is 3.22. The quantitative estimate of drug-likeness (QED) is 0.545. The third kappa shape index (κ3) is 1.39. The number of amides is 2. The van der Waals surface area contributed by atoms with Gasteiger partial charge in [0.25, 0.3) is 0 Å². The van der Waals surface area contributed by atoms with Gasteiger partial charge in [-0.2, -0.15) is 0 Å². The Morgan fingerprint density at radius 1 is 1.57 bits per heavy atom. The summed E-state index contributed by atoms with van der Waals surface area (Å²) in [6.07, 6.45) is 3.22. The summed E-state index contributed by atoms with van der Waals surface area (Å²) >= 11 is 0. The monoisotopic (exact) mass is 194 g/mol. The van der Waals surface area contributed by atoms with Gasteiger partial charge in [0.15, 0.2) is 0 Å². The van der Waals surface area contributed by atoms with E-state index in [0.717, 1.165) is 5.69 Å². The highest BCUT2D eigenvalue weighted by Gasteiger charge is 2.28. The number of imidazole rings is 1. The lowest BCUT2D eigenvalue weighted by atomic mass is 10.1. The molecule has 2 N–H and O–H groups in total. The molecule has 74 valence electrons. The van der Waals surface area contributed by atoms with E-state index in [2.05, 4.69) is 15.6 Å². The van der Waals surface area contributed by atoms with Gasteiger partial charge in [0.1, 0.15) is 6.04 Å². The molecule has 2 heterocycles. The van der Waals surface area contributed by atoms with Gasteiger partial charge >= 0.3 is 0 Å². The van der Waals surface area contributed by atoms with E-state index in [1.165, 1.54) is 0 Å². The van der Waals surface area contributed by atoms with Crippen LogP contribution in [0.2, 0.25) is 0 Å². The second-order valence-corrected chi connectivity index (χ2v) is 3.16. The second-order valence-electron chi connectivity index (χ2n) is 3.16. The maximum Gasteiger partial charge on any atom is 0.249 e. The summed E-state index contributed by atoms with van der Waals surface area (Å²) in [7, 11) is 1.80. The van der Waals surface area contributed by atoms with Crippen molar-refractivity contribution in [3.8, 4) is 0 Å². The van der Waals surface area contributed by atoms with Crippen LogP contribution in [0, 0.1) is 0 Å². The molecule has 6 nitrogen and oxygen atoms in total. The van der Waals surface area contributed by atoms with Crippen molar-refractivity contribution in [1.29, 1.82) is 0 Å². The van der Waals surface area contributed by atoms with E-state index < -0.39 is 6.04 Å². The zero-order chi connectivity index (χ0) is 10.1. The first-order valence-electron chi connectivity index (χ1n) is 4.22. The molecule has 6 heteroatoms. The Kier molecular flexibility index (Phi) is 2.05. The highest BCUT2D eigenvalue weighted by atomic mass is 16.2. The number of hydrogen-bond acceptors (Lipinski definition) is 4. The number of aromatic nitrogens is 2. The van der Waals surface area contributed by atoms with Crippen LogP contribution in [0.3, 0.4) is 0 Å². The van der Waals surface area contributed by atoms with E-state index in [0.29, 0.717) is 0 Å². The lowest BCUT2D eigenvalue weighted by molar-refractivity contribution is -0.134. The minimum Gasteiger partial charge on any atom is -0.336 e. The van der Waals surface area contributed by atoms with Gasteiger partial charge in [-0.15, -0.1) is 0 Å². The van der Waals surface area contributed by atoms with Gasteiger partial charge < -0.3 is 4.57 Å². The molecule has 0 aliphatic carbocycles. The molecule has 1 saturated heterocycles. The molecule has 1 aromatic rings. The van der Waals surface area contributed by atoms with Crippen molar-refractivity contribution in [2.45, 2.75) is 6.04 Å². The van der Waals surface area contributed by atoms with E-state index in [1.807, 2.05) is 0 Å². The standard InChI is InChI=1S/C8H10N4O2/c1-12-4-9-2-5(12)7-8(14)11-6(13)3-10-7/h2,4,7,10H,3H2,1H3,(H,11,13,14). The third-order valence-corrected chi connectivity index (χ3v) is 2.14. The number of carbonyl (C=O) groups excluding carboxylic acids is 2. The zero-order valence-electron chi connectivity index (χ0n) is 7.65. The molecule has 0 aromatic carbocycles. The van der Waals surface area contributed by atoms with Gasteiger partial charge in [-0.25, -0.2) is 4.98 Å². The van der Waals surface area contributed by atoms with Crippen LogP contribution in [0.1, 0.15) is 11.7 Å². The maximum absolute atomic E-state index is 11.4. The van der Waals surface area contributed by atoms with E-state index >= 15 is 0 Å². The van der Waals surface area contributed by atoms with Crippen molar-refractivity contribution in [3.05, 3.63) is 18.2 Å². The van der Waals surface area contributed by atoms with Gasteiger partial charge in [-0.05, 0) is 0 Å². The number of piperazine rings is 1. The normalized spacial score (nSPS) is 22.2. The molecule has 2 amide bonds. The van der Waals surface area contributed by atoms with Gasteiger partial charge in [0.2, 0.25) is 11.8 Å². The lowest BCUT2D eigenvalue weighted by Crippen LogP contribution is -2.51. The number of aryl methyl sites for hydroxylation is 1. The fraction of sp³-hybridized carbons (Fsp3) is 0.375. The molecule has 0 bridgehead atoms. The Balaban J connectivity index is 2.24. The molecule has 0 spiro atoms. The molecule has 1 aromatic heterocycles. The van der Waals surface area contributed by atoms with E-state index in [-0.39, 0.29) is 18.4 Å². The number of carbonyl (C=O) groups is 2. The molecule has 0 saturated carbocycles. The summed E-state index contributed by atoms with van der Waals surface area (Å²) in [6.45, 7) is 0.154. The van der Waals surface area contributed by atoms with Crippen molar-refractivity contribution in [2.24, 2.45) is 7.05 Å². The molecule has 1 unspecified atom stereocenters. The van der Waals surface area contributed by atoms with Crippen LogP contribution < -0.4 is 10.6 Å². The first kappa shape index (κ1) is 8.89. The topological polar surface area (TPSA) is 76.0 Å².